The van der Waals surface area contributed by atoms with E-state index in [4.69, 9.17) is 23.2 Å². The van der Waals surface area contributed by atoms with Crippen LogP contribution in [0.3, 0.4) is 0 Å². The van der Waals surface area contributed by atoms with Crippen LogP contribution in [0.4, 0.5) is 11.4 Å². The maximum Gasteiger partial charge on any atom is 0.248 e. The molecule has 0 unspecified atom stereocenters. The maximum absolute atomic E-state index is 12.7. The summed E-state index contributed by atoms with van der Waals surface area (Å²) in [4.78, 5) is 12.7. The standard InChI is InChI=1S/C18H20Cl2N2O3S/c1-11-8-9-14(10-12(11)2)22(26(4,24)25)13(3)18(23)21-16-7-5-6-15(19)17(16)20/h5-10,13H,1-4H3,(H,21,23)/t13-/m1/s1. The van der Waals surface area contributed by atoms with E-state index >= 15 is 0 Å². The lowest BCUT2D eigenvalue weighted by Gasteiger charge is -2.28. The van der Waals surface area contributed by atoms with Gasteiger partial charge < -0.3 is 5.32 Å². The van der Waals surface area contributed by atoms with Gasteiger partial charge in [0.2, 0.25) is 15.9 Å². The van der Waals surface area contributed by atoms with E-state index in [9.17, 15) is 13.2 Å². The van der Waals surface area contributed by atoms with E-state index in [0.29, 0.717) is 16.4 Å². The predicted octanol–water partition coefficient (Wildman–Crippen LogP) is 4.40. The van der Waals surface area contributed by atoms with Crippen LogP contribution in [0.1, 0.15) is 18.1 Å². The first kappa shape index (κ1) is 20.6. The molecule has 0 aromatic heterocycles. The average molecular weight is 415 g/mol. The largest absolute Gasteiger partial charge is 0.323 e. The van der Waals surface area contributed by atoms with Crippen molar-refractivity contribution in [2.75, 3.05) is 15.9 Å². The SMILES string of the molecule is Cc1ccc(N([C@H](C)C(=O)Nc2cccc(Cl)c2Cl)S(C)(=O)=O)cc1C. The predicted molar refractivity (Wildman–Crippen MR) is 108 cm³/mol. The smallest absolute Gasteiger partial charge is 0.248 e. The molecule has 140 valence electrons. The number of sulfonamides is 1. The molecule has 0 bridgehead atoms. The highest BCUT2D eigenvalue weighted by atomic mass is 35.5. The zero-order valence-corrected chi connectivity index (χ0v) is 17.2. The first-order valence-electron chi connectivity index (χ1n) is 7.84. The van der Waals surface area contributed by atoms with Gasteiger partial charge in [-0.25, -0.2) is 8.42 Å². The van der Waals surface area contributed by atoms with Gasteiger partial charge in [0.15, 0.2) is 0 Å². The molecule has 0 aliphatic rings. The number of nitrogens with zero attached hydrogens (tertiary/aromatic N) is 1. The topological polar surface area (TPSA) is 66.5 Å². The van der Waals surface area contributed by atoms with Crippen LogP contribution >= 0.6 is 23.2 Å². The molecule has 2 aromatic carbocycles. The van der Waals surface area contributed by atoms with Gasteiger partial charge in [-0.2, -0.15) is 0 Å². The van der Waals surface area contributed by atoms with Crippen molar-refractivity contribution in [3.05, 3.63) is 57.6 Å². The first-order chi connectivity index (χ1) is 12.0. The van der Waals surface area contributed by atoms with Gasteiger partial charge in [0.1, 0.15) is 6.04 Å². The van der Waals surface area contributed by atoms with Gasteiger partial charge in [-0.1, -0.05) is 35.3 Å². The second-order valence-corrected chi connectivity index (χ2v) is 8.74. The maximum atomic E-state index is 12.7. The quantitative estimate of drug-likeness (QED) is 0.787. The molecule has 0 saturated carbocycles. The minimum absolute atomic E-state index is 0.201. The van der Waals surface area contributed by atoms with E-state index in [-0.39, 0.29) is 5.02 Å². The Morgan fingerprint density at radius 3 is 2.35 bits per heavy atom. The van der Waals surface area contributed by atoms with Crippen LogP contribution in [0, 0.1) is 13.8 Å². The van der Waals surface area contributed by atoms with E-state index in [1.165, 1.54) is 6.92 Å². The summed E-state index contributed by atoms with van der Waals surface area (Å²) in [5.74, 6) is -0.516. The van der Waals surface area contributed by atoms with E-state index in [2.05, 4.69) is 5.32 Å². The minimum Gasteiger partial charge on any atom is -0.323 e. The van der Waals surface area contributed by atoms with Crippen LogP contribution in [-0.2, 0) is 14.8 Å². The van der Waals surface area contributed by atoms with Gasteiger partial charge in [-0.3, -0.25) is 9.10 Å². The van der Waals surface area contributed by atoms with Crippen LogP contribution in [0.2, 0.25) is 10.0 Å². The number of amides is 1. The number of carbonyl (C=O) groups excluding carboxylic acids is 1. The monoisotopic (exact) mass is 414 g/mol. The molecule has 0 spiro atoms. The van der Waals surface area contributed by atoms with Crippen molar-refractivity contribution in [3.8, 4) is 0 Å². The summed E-state index contributed by atoms with van der Waals surface area (Å²) in [5, 5.41) is 3.14. The number of anilines is 2. The molecule has 1 amide bonds. The summed E-state index contributed by atoms with van der Waals surface area (Å²) >= 11 is 12.0. The molecule has 2 aromatic rings. The van der Waals surface area contributed by atoms with Crippen molar-refractivity contribution in [2.24, 2.45) is 0 Å². The van der Waals surface area contributed by atoms with Crippen molar-refractivity contribution in [3.63, 3.8) is 0 Å². The Morgan fingerprint density at radius 2 is 1.77 bits per heavy atom. The Morgan fingerprint density at radius 1 is 1.12 bits per heavy atom. The lowest BCUT2D eigenvalue weighted by molar-refractivity contribution is -0.116. The van der Waals surface area contributed by atoms with Crippen molar-refractivity contribution < 1.29 is 13.2 Å². The van der Waals surface area contributed by atoms with Crippen LogP contribution in [0.15, 0.2) is 36.4 Å². The van der Waals surface area contributed by atoms with Crippen molar-refractivity contribution in [1.82, 2.24) is 0 Å². The number of carbonyl (C=O) groups is 1. The molecule has 1 atom stereocenters. The summed E-state index contributed by atoms with van der Waals surface area (Å²) in [5.41, 5.74) is 2.71. The lowest BCUT2D eigenvalue weighted by atomic mass is 10.1. The zero-order chi connectivity index (χ0) is 19.6. The van der Waals surface area contributed by atoms with Gasteiger partial charge in [-0.05, 0) is 56.2 Å². The molecule has 0 saturated heterocycles. The molecule has 0 aliphatic heterocycles. The fourth-order valence-electron chi connectivity index (χ4n) is 2.51. The number of halogens is 2. The summed E-state index contributed by atoms with van der Waals surface area (Å²) in [6, 6.07) is 9.10. The molecular weight excluding hydrogens is 395 g/mol. The highest BCUT2D eigenvalue weighted by Gasteiger charge is 2.29. The molecule has 0 aliphatic carbocycles. The minimum atomic E-state index is -3.69. The third-order valence-electron chi connectivity index (χ3n) is 4.04. The number of hydrogen-bond donors (Lipinski definition) is 1. The van der Waals surface area contributed by atoms with Gasteiger partial charge >= 0.3 is 0 Å². The van der Waals surface area contributed by atoms with E-state index < -0.39 is 22.0 Å². The molecule has 0 fully saturated rings. The molecule has 2 rings (SSSR count). The Bertz CT molecular complexity index is 945. The van der Waals surface area contributed by atoms with Gasteiger partial charge in [0.25, 0.3) is 0 Å². The van der Waals surface area contributed by atoms with E-state index in [1.54, 1.807) is 30.3 Å². The summed E-state index contributed by atoms with van der Waals surface area (Å²) in [7, 11) is -3.69. The fraction of sp³-hybridized carbons (Fsp3) is 0.278. The van der Waals surface area contributed by atoms with Crippen LogP contribution in [-0.4, -0.2) is 26.6 Å². The normalized spacial score (nSPS) is 12.5. The Labute approximate surface area is 164 Å². The number of nitrogens with one attached hydrogen (secondary N) is 1. The molecule has 0 radical (unpaired) electrons. The summed E-state index contributed by atoms with van der Waals surface area (Å²) < 4.78 is 25.8. The first-order valence-corrected chi connectivity index (χ1v) is 10.4. The van der Waals surface area contributed by atoms with Gasteiger partial charge in [0, 0.05) is 0 Å². The third-order valence-corrected chi connectivity index (χ3v) is 6.10. The zero-order valence-electron chi connectivity index (χ0n) is 14.9. The Kier molecular flexibility index (Phi) is 6.21. The average Bonchev–Trinajstić information content (AvgIpc) is 2.54. The summed E-state index contributed by atoms with van der Waals surface area (Å²) in [6.07, 6.45) is 1.07. The fourth-order valence-corrected chi connectivity index (χ4v) is 4.02. The second-order valence-electron chi connectivity index (χ2n) is 6.09. The molecular formula is C18H20Cl2N2O3S. The summed E-state index contributed by atoms with van der Waals surface area (Å²) in [6.45, 7) is 5.33. The van der Waals surface area contributed by atoms with E-state index in [1.807, 2.05) is 19.9 Å². The highest BCUT2D eigenvalue weighted by Crippen LogP contribution is 2.30. The highest BCUT2D eigenvalue weighted by molar-refractivity contribution is 7.92. The molecule has 26 heavy (non-hydrogen) atoms. The van der Waals surface area contributed by atoms with Crippen LogP contribution < -0.4 is 9.62 Å². The molecule has 1 N–H and O–H groups in total. The van der Waals surface area contributed by atoms with Crippen molar-refractivity contribution >= 4 is 50.5 Å². The number of hydrogen-bond acceptors (Lipinski definition) is 3. The Hall–Kier alpha value is -1.76. The number of benzene rings is 2. The molecule has 5 nitrogen and oxygen atoms in total. The molecule has 0 heterocycles. The second kappa shape index (κ2) is 7.86. The molecule has 8 heteroatoms. The van der Waals surface area contributed by atoms with E-state index in [0.717, 1.165) is 21.7 Å². The third kappa shape index (κ3) is 4.50. The van der Waals surface area contributed by atoms with Crippen molar-refractivity contribution in [1.29, 1.82) is 0 Å². The van der Waals surface area contributed by atoms with Crippen molar-refractivity contribution in [2.45, 2.75) is 26.8 Å². The number of rotatable bonds is 5. The van der Waals surface area contributed by atoms with Gasteiger partial charge in [0.05, 0.1) is 27.7 Å². The Balaban J connectivity index is 2.37. The lowest BCUT2D eigenvalue weighted by Crippen LogP contribution is -2.45. The van der Waals surface area contributed by atoms with Gasteiger partial charge in [-0.15, -0.1) is 0 Å². The number of aryl methyl sites for hydroxylation is 2. The van der Waals surface area contributed by atoms with Crippen LogP contribution in [0.5, 0.6) is 0 Å². The van der Waals surface area contributed by atoms with Crippen LogP contribution in [0.25, 0.3) is 0 Å².